The molecule has 0 amide bonds. The van der Waals surface area contributed by atoms with Crippen molar-refractivity contribution < 1.29 is 0 Å². The Bertz CT molecular complexity index is 387. The maximum atomic E-state index is 6.12. The van der Waals surface area contributed by atoms with Crippen LogP contribution in [0.1, 0.15) is 59.7 Å². The Balaban J connectivity index is 2.95. The van der Waals surface area contributed by atoms with Crippen LogP contribution in [-0.4, -0.2) is 38.3 Å². The third kappa shape index (κ3) is 4.51. The summed E-state index contributed by atoms with van der Waals surface area (Å²) < 4.78 is 2.04. The molecule has 1 heterocycles. The van der Waals surface area contributed by atoms with Gasteiger partial charge in [-0.05, 0) is 31.7 Å². The molecule has 0 bridgehead atoms. The zero-order valence-electron chi connectivity index (χ0n) is 14.5. The van der Waals surface area contributed by atoms with Gasteiger partial charge in [0.15, 0.2) is 0 Å². The van der Waals surface area contributed by atoms with Gasteiger partial charge in [0.05, 0.1) is 6.54 Å². The molecule has 0 fully saturated rings. The third-order valence-electron chi connectivity index (χ3n) is 4.43. The van der Waals surface area contributed by atoms with Crippen LogP contribution in [0.4, 0.5) is 0 Å². The van der Waals surface area contributed by atoms with Crippen LogP contribution in [-0.2, 0) is 13.1 Å². The largest absolute Gasteiger partial charge is 0.329 e. The van der Waals surface area contributed by atoms with Crippen molar-refractivity contribution in [2.24, 2.45) is 11.7 Å². The normalized spacial score (nSPS) is 12.6. The summed E-state index contributed by atoms with van der Waals surface area (Å²) in [6.45, 7) is 14.6. The molecule has 1 aromatic heterocycles. The van der Waals surface area contributed by atoms with Crippen molar-refractivity contribution in [1.29, 1.82) is 0 Å². The van der Waals surface area contributed by atoms with Crippen LogP contribution in [0, 0.1) is 5.92 Å². The molecular weight excluding hydrogens is 262 g/mol. The average molecular weight is 295 g/mol. The van der Waals surface area contributed by atoms with Crippen molar-refractivity contribution in [3.05, 3.63) is 12.2 Å². The van der Waals surface area contributed by atoms with Gasteiger partial charge in [0.2, 0.25) is 0 Å². The zero-order chi connectivity index (χ0) is 15.9. The molecule has 2 N–H and O–H groups in total. The first-order chi connectivity index (χ1) is 10.0. The van der Waals surface area contributed by atoms with Crippen molar-refractivity contribution in [1.82, 2.24) is 19.7 Å². The van der Waals surface area contributed by atoms with Crippen LogP contribution in [0.2, 0.25) is 0 Å². The lowest BCUT2D eigenvalue weighted by Crippen LogP contribution is -2.53. The van der Waals surface area contributed by atoms with Crippen molar-refractivity contribution in [3.8, 4) is 0 Å². The van der Waals surface area contributed by atoms with Gasteiger partial charge in [0, 0.05) is 18.6 Å². The van der Waals surface area contributed by atoms with E-state index < -0.39 is 0 Å². The number of nitrogens with zero attached hydrogens (tertiary/aromatic N) is 4. The molecule has 0 aliphatic carbocycles. The van der Waals surface area contributed by atoms with Crippen LogP contribution < -0.4 is 5.73 Å². The van der Waals surface area contributed by atoms with Crippen molar-refractivity contribution >= 4 is 0 Å². The Hall–Kier alpha value is -0.940. The van der Waals surface area contributed by atoms with Crippen LogP contribution in [0.15, 0.2) is 6.33 Å². The molecule has 1 aromatic rings. The monoisotopic (exact) mass is 295 g/mol. The maximum absolute atomic E-state index is 6.12. The Morgan fingerprint density at radius 3 is 2.43 bits per heavy atom. The first-order valence-corrected chi connectivity index (χ1v) is 8.34. The predicted molar refractivity (Wildman–Crippen MR) is 87.9 cm³/mol. The van der Waals surface area contributed by atoms with Crippen LogP contribution in [0.5, 0.6) is 0 Å². The van der Waals surface area contributed by atoms with Gasteiger partial charge in [0.25, 0.3) is 0 Å². The Morgan fingerprint density at radius 1 is 1.29 bits per heavy atom. The Labute approximate surface area is 129 Å². The van der Waals surface area contributed by atoms with E-state index in [4.69, 9.17) is 5.73 Å². The van der Waals surface area contributed by atoms with Gasteiger partial charge >= 0.3 is 0 Å². The number of nitrogens with two attached hydrogens (primary N) is 1. The van der Waals surface area contributed by atoms with E-state index in [1.165, 1.54) is 0 Å². The molecule has 0 radical (unpaired) electrons. The quantitative estimate of drug-likeness (QED) is 0.721. The van der Waals surface area contributed by atoms with Gasteiger partial charge in [-0.3, -0.25) is 4.90 Å². The molecule has 0 aliphatic heterocycles. The minimum atomic E-state index is 0.0740. The lowest BCUT2D eigenvalue weighted by molar-refractivity contribution is 0.0721. The Morgan fingerprint density at radius 2 is 1.95 bits per heavy atom. The second kappa shape index (κ2) is 8.49. The zero-order valence-corrected chi connectivity index (χ0v) is 14.5. The summed E-state index contributed by atoms with van der Waals surface area (Å²) in [5, 5.41) is 4.38. The van der Waals surface area contributed by atoms with Gasteiger partial charge in [-0.2, -0.15) is 5.10 Å². The number of aromatic nitrogens is 3. The molecule has 0 saturated carbocycles. The molecule has 0 atom stereocenters. The molecule has 0 aliphatic rings. The highest BCUT2D eigenvalue weighted by Gasteiger charge is 2.32. The van der Waals surface area contributed by atoms with E-state index in [1.54, 1.807) is 6.33 Å². The van der Waals surface area contributed by atoms with E-state index >= 15 is 0 Å². The highest BCUT2D eigenvalue weighted by molar-refractivity contribution is 4.94. The molecule has 5 nitrogen and oxygen atoms in total. The van der Waals surface area contributed by atoms with Crippen LogP contribution in [0.3, 0.4) is 0 Å². The van der Waals surface area contributed by atoms with Gasteiger partial charge in [0.1, 0.15) is 12.2 Å². The van der Waals surface area contributed by atoms with Crippen molar-refractivity contribution in [2.75, 3.05) is 13.1 Å². The highest BCUT2D eigenvalue weighted by Crippen LogP contribution is 2.25. The van der Waals surface area contributed by atoms with Crippen LogP contribution >= 0.6 is 0 Å². The lowest BCUT2D eigenvalue weighted by Gasteiger charge is -2.42. The van der Waals surface area contributed by atoms with Gasteiger partial charge in [-0.25, -0.2) is 9.67 Å². The molecule has 0 aromatic carbocycles. The van der Waals surface area contributed by atoms with Crippen LogP contribution in [0.25, 0.3) is 0 Å². The van der Waals surface area contributed by atoms with E-state index in [2.05, 4.69) is 49.6 Å². The SMILES string of the molecule is CCCN(Cc1ncnn1CC(C)C)C(CC)(CC)CN. The summed E-state index contributed by atoms with van der Waals surface area (Å²) in [6.07, 6.45) is 4.93. The first-order valence-electron chi connectivity index (χ1n) is 8.34. The van der Waals surface area contributed by atoms with Gasteiger partial charge in [-0.15, -0.1) is 0 Å². The maximum Gasteiger partial charge on any atom is 0.141 e. The summed E-state index contributed by atoms with van der Waals surface area (Å²) in [7, 11) is 0. The minimum absolute atomic E-state index is 0.0740. The second-order valence-corrected chi connectivity index (χ2v) is 6.31. The number of hydrogen-bond acceptors (Lipinski definition) is 4. The smallest absolute Gasteiger partial charge is 0.141 e. The summed E-state index contributed by atoms with van der Waals surface area (Å²) >= 11 is 0. The Kier molecular flexibility index (Phi) is 7.32. The van der Waals surface area contributed by atoms with Crippen molar-refractivity contribution in [3.63, 3.8) is 0 Å². The second-order valence-electron chi connectivity index (χ2n) is 6.31. The fraction of sp³-hybridized carbons (Fsp3) is 0.875. The topological polar surface area (TPSA) is 60.0 Å². The number of rotatable bonds is 10. The van der Waals surface area contributed by atoms with E-state index in [9.17, 15) is 0 Å². The summed E-state index contributed by atoms with van der Waals surface area (Å²) in [4.78, 5) is 6.98. The summed E-state index contributed by atoms with van der Waals surface area (Å²) in [5.74, 6) is 1.62. The highest BCUT2D eigenvalue weighted by atomic mass is 15.4. The summed E-state index contributed by atoms with van der Waals surface area (Å²) in [5.41, 5.74) is 6.20. The first kappa shape index (κ1) is 18.1. The van der Waals surface area contributed by atoms with E-state index in [0.29, 0.717) is 12.5 Å². The standard InChI is InChI=1S/C16H33N5/c1-6-9-20(16(7-2,8-3)12-17)11-15-18-13-19-21(15)10-14(4)5/h13-14H,6-12,17H2,1-5H3. The molecule has 0 spiro atoms. The molecule has 1 rings (SSSR count). The minimum Gasteiger partial charge on any atom is -0.329 e. The molecule has 0 unspecified atom stereocenters. The molecule has 122 valence electrons. The van der Waals surface area contributed by atoms with E-state index in [-0.39, 0.29) is 5.54 Å². The molecule has 5 heteroatoms. The fourth-order valence-corrected chi connectivity index (χ4v) is 2.95. The van der Waals surface area contributed by atoms with Gasteiger partial charge < -0.3 is 5.73 Å². The van der Waals surface area contributed by atoms with E-state index in [1.807, 2.05) is 4.68 Å². The molecule has 0 saturated heterocycles. The fourth-order valence-electron chi connectivity index (χ4n) is 2.95. The van der Waals surface area contributed by atoms with Gasteiger partial charge in [-0.1, -0.05) is 34.6 Å². The van der Waals surface area contributed by atoms with E-state index in [0.717, 1.165) is 44.7 Å². The molecular formula is C16H33N5. The lowest BCUT2D eigenvalue weighted by atomic mass is 9.90. The van der Waals surface area contributed by atoms with Crippen molar-refractivity contribution in [2.45, 2.75) is 72.5 Å². The predicted octanol–water partition coefficient (Wildman–Crippen LogP) is 2.66. The third-order valence-corrected chi connectivity index (χ3v) is 4.43. The molecule has 21 heavy (non-hydrogen) atoms. The number of hydrogen-bond donors (Lipinski definition) is 1. The summed E-state index contributed by atoms with van der Waals surface area (Å²) in [6, 6.07) is 0. The average Bonchev–Trinajstić information content (AvgIpc) is 2.88.